The summed E-state index contributed by atoms with van der Waals surface area (Å²) in [6, 6.07) is 13.1. The highest BCUT2D eigenvalue weighted by molar-refractivity contribution is 8.01. The quantitative estimate of drug-likeness (QED) is 0.406. The lowest BCUT2D eigenvalue weighted by Crippen LogP contribution is -2.50. The van der Waals surface area contributed by atoms with Gasteiger partial charge < -0.3 is 30.2 Å². The summed E-state index contributed by atoms with van der Waals surface area (Å²) >= 11 is 1.49. The fourth-order valence-electron chi connectivity index (χ4n) is 7.05. The molecule has 4 aliphatic heterocycles. The first-order chi connectivity index (χ1) is 22.1. The van der Waals surface area contributed by atoms with Gasteiger partial charge in [-0.25, -0.2) is 9.18 Å². The predicted molar refractivity (Wildman–Crippen MR) is 186 cm³/mol. The van der Waals surface area contributed by atoms with E-state index in [9.17, 15) is 14.4 Å². The van der Waals surface area contributed by atoms with Gasteiger partial charge in [-0.2, -0.15) is 0 Å². The molecule has 4 aliphatic rings. The summed E-state index contributed by atoms with van der Waals surface area (Å²) in [5.74, 6) is -0.346. The molecule has 46 heavy (non-hydrogen) atoms. The molecule has 2 aromatic carbocycles. The zero-order valence-corrected chi connectivity index (χ0v) is 28.1. The number of carbonyl (C=O) groups is 3. The molecular weight excluding hydrogens is 603 g/mol. The second-order valence-corrected chi connectivity index (χ2v) is 15.4. The normalized spacial score (nSPS) is 23.0. The molecule has 0 radical (unpaired) electrons. The van der Waals surface area contributed by atoms with Crippen molar-refractivity contribution in [1.82, 2.24) is 20.0 Å². The number of hydrogen-bond acceptors (Lipinski definition) is 6. The van der Waals surface area contributed by atoms with E-state index in [1.165, 1.54) is 17.8 Å². The summed E-state index contributed by atoms with van der Waals surface area (Å²) in [6.07, 6.45) is 3.13. The number of thioether (sulfide) groups is 1. The van der Waals surface area contributed by atoms with Crippen molar-refractivity contribution in [2.75, 3.05) is 62.6 Å². The molecule has 0 aliphatic carbocycles. The Morgan fingerprint density at radius 3 is 2.48 bits per heavy atom. The average molecular weight is 655 g/mol. The van der Waals surface area contributed by atoms with Crippen LogP contribution in [0.2, 0.25) is 0 Å². The van der Waals surface area contributed by atoms with Crippen molar-refractivity contribution in [3.63, 3.8) is 0 Å². The summed E-state index contributed by atoms with van der Waals surface area (Å²) in [6.45, 7) is 11.7. The van der Waals surface area contributed by atoms with Crippen molar-refractivity contribution in [2.24, 2.45) is 5.41 Å². The summed E-state index contributed by atoms with van der Waals surface area (Å²) in [4.78, 5) is 48.4. The zero-order valence-electron chi connectivity index (χ0n) is 27.3. The first-order valence-corrected chi connectivity index (χ1v) is 17.7. The number of nitrogens with one attached hydrogen (secondary N) is 2. The number of urea groups is 1. The van der Waals surface area contributed by atoms with E-state index in [-0.39, 0.29) is 49.8 Å². The average Bonchev–Trinajstić information content (AvgIpc) is 3.23. The van der Waals surface area contributed by atoms with Gasteiger partial charge in [0.05, 0.1) is 10.9 Å². The van der Waals surface area contributed by atoms with E-state index >= 15 is 4.39 Å². The number of halogens is 1. The molecule has 4 amide bonds. The molecule has 4 heterocycles. The van der Waals surface area contributed by atoms with Gasteiger partial charge >= 0.3 is 6.03 Å². The smallest absolute Gasteiger partial charge is 0.322 e. The molecule has 0 aromatic heterocycles. The molecule has 6 rings (SSSR count). The van der Waals surface area contributed by atoms with Crippen molar-refractivity contribution in [3.8, 4) is 0 Å². The lowest BCUT2D eigenvalue weighted by Gasteiger charge is -2.38. The number of carbonyl (C=O) groups excluding carboxylic acids is 3. The maximum Gasteiger partial charge on any atom is 0.322 e. The Morgan fingerprint density at radius 2 is 1.74 bits per heavy atom. The van der Waals surface area contributed by atoms with Crippen LogP contribution in [0.1, 0.15) is 65.8 Å². The highest BCUT2D eigenvalue weighted by Crippen LogP contribution is 2.48. The fraction of sp³-hybridized carbons (Fsp3) is 0.571. The summed E-state index contributed by atoms with van der Waals surface area (Å²) in [7, 11) is 0. The van der Waals surface area contributed by atoms with Gasteiger partial charge in [-0.1, -0.05) is 51.1 Å². The summed E-state index contributed by atoms with van der Waals surface area (Å²) in [5, 5.41) is 5.51. The molecule has 0 saturated carbocycles. The molecular formula is C35H51FN6O3S. The number of likely N-dealkylation sites (tertiary alicyclic amines) is 1. The van der Waals surface area contributed by atoms with Gasteiger partial charge in [0.15, 0.2) is 0 Å². The molecule has 2 atom stereocenters. The Hall–Kier alpha value is -3.31. The minimum atomic E-state index is -0.524. The lowest BCUT2D eigenvalue weighted by atomic mass is 9.92. The van der Waals surface area contributed by atoms with Gasteiger partial charge in [0.1, 0.15) is 11.2 Å². The molecule has 2 unspecified atom stereocenters. The minimum Gasteiger partial charge on any atom is -0.366 e. The van der Waals surface area contributed by atoms with Gasteiger partial charge in [-0.3, -0.25) is 9.59 Å². The van der Waals surface area contributed by atoms with Crippen LogP contribution in [0, 0.1) is 11.2 Å². The molecule has 3 saturated heterocycles. The number of amides is 4. The number of nitrogens with zero attached hydrogens (tertiary/aromatic N) is 4. The van der Waals surface area contributed by atoms with E-state index in [0.717, 1.165) is 42.7 Å². The summed E-state index contributed by atoms with van der Waals surface area (Å²) in [5.41, 5.74) is 3.41. The van der Waals surface area contributed by atoms with Crippen molar-refractivity contribution >= 4 is 41.0 Å². The van der Waals surface area contributed by atoms with E-state index in [1.54, 1.807) is 6.07 Å². The van der Waals surface area contributed by atoms with Crippen LogP contribution in [-0.4, -0.2) is 96.2 Å². The van der Waals surface area contributed by atoms with Gasteiger partial charge in [-0.15, -0.1) is 11.8 Å². The highest BCUT2D eigenvalue weighted by Gasteiger charge is 2.44. The van der Waals surface area contributed by atoms with Crippen LogP contribution in [0.4, 0.5) is 20.6 Å². The third kappa shape index (κ3) is 7.15. The fourth-order valence-corrected chi connectivity index (χ4v) is 8.55. The van der Waals surface area contributed by atoms with Crippen molar-refractivity contribution in [2.45, 2.75) is 69.5 Å². The monoisotopic (exact) mass is 654 g/mol. The topological polar surface area (TPSA) is 88.2 Å². The lowest BCUT2D eigenvalue weighted by molar-refractivity contribution is -0.137. The Bertz CT molecular complexity index is 1450. The van der Waals surface area contributed by atoms with E-state index < -0.39 is 5.25 Å². The molecule has 0 spiro atoms. The van der Waals surface area contributed by atoms with Crippen LogP contribution >= 0.6 is 11.8 Å². The van der Waals surface area contributed by atoms with Crippen molar-refractivity contribution in [1.29, 1.82) is 0 Å². The van der Waals surface area contributed by atoms with Crippen LogP contribution in [0.25, 0.3) is 0 Å². The highest BCUT2D eigenvalue weighted by atomic mass is 32.2. The maximum absolute atomic E-state index is 15.5. The second kappa shape index (κ2) is 13.8. The molecule has 252 valence electrons. The number of fused-ring (bicyclic) bond motifs is 1. The van der Waals surface area contributed by atoms with Crippen LogP contribution in [0.5, 0.6) is 0 Å². The summed E-state index contributed by atoms with van der Waals surface area (Å²) < 4.78 is 15.5. The van der Waals surface area contributed by atoms with Gasteiger partial charge in [-0.05, 0) is 48.8 Å². The van der Waals surface area contributed by atoms with E-state index in [0.29, 0.717) is 57.8 Å². The van der Waals surface area contributed by atoms with Crippen molar-refractivity contribution in [3.05, 3.63) is 59.4 Å². The first-order valence-electron chi connectivity index (χ1n) is 16.7. The molecule has 11 heteroatoms. The predicted octanol–water partition coefficient (Wildman–Crippen LogP) is 5.58. The first kappa shape index (κ1) is 32.6. The van der Waals surface area contributed by atoms with E-state index in [1.807, 2.05) is 39.0 Å². The van der Waals surface area contributed by atoms with Gasteiger partial charge in [0, 0.05) is 78.9 Å². The zero-order chi connectivity index (χ0) is 32.4. The van der Waals surface area contributed by atoms with Gasteiger partial charge in [0.25, 0.3) is 0 Å². The van der Waals surface area contributed by atoms with Crippen LogP contribution in [-0.2, 0) is 16.0 Å². The Kier molecular flexibility index (Phi) is 9.80. The number of hydrogen-bond donors (Lipinski definition) is 2. The maximum atomic E-state index is 15.5. The standard InChI is InChI=1S/C35H47FN6O3S.2H2/c1-35(2,3)14-20-42-32(44)29(46-33(42)26-8-6-9-27(36)31(26)40-21-15-37-16-22-40)23-30(43)39-17-12-25(13-18-39)41-19-11-24-7-4-5-10-28(24)38-34(41)45;;/h4-10,25,29,33,37H,11-23H2,1-3H3,(H,38,45);2*1H. The number of rotatable bonds is 7. The third-order valence-electron chi connectivity index (χ3n) is 9.71. The largest absolute Gasteiger partial charge is 0.366 e. The van der Waals surface area contributed by atoms with Crippen LogP contribution in [0.3, 0.4) is 0 Å². The van der Waals surface area contributed by atoms with Gasteiger partial charge in [0.2, 0.25) is 11.8 Å². The molecule has 2 N–H and O–H groups in total. The molecule has 3 fully saturated rings. The number of piperidine rings is 1. The molecule has 0 bridgehead atoms. The number of anilines is 2. The van der Waals surface area contributed by atoms with E-state index in [4.69, 9.17) is 0 Å². The Labute approximate surface area is 279 Å². The molecule has 9 nitrogen and oxygen atoms in total. The SMILES string of the molecule is CC(C)(C)CCN1C(=O)C(CC(=O)N2CCC(N3CCc4ccccc4NC3=O)CC2)SC1c1cccc(F)c1N1CCNCC1.[HH].[HH]. The number of benzene rings is 2. The Balaban J connectivity index is 0.00000260. The second-order valence-electron chi connectivity index (χ2n) is 14.1. The van der Waals surface area contributed by atoms with Crippen molar-refractivity contribution < 1.29 is 21.6 Å². The number of piperazine rings is 1. The number of para-hydroxylation sites is 2. The van der Waals surface area contributed by atoms with E-state index in [2.05, 4.69) is 42.4 Å². The minimum absolute atomic E-state index is 0. The third-order valence-corrected chi connectivity index (χ3v) is 11.2. The molecule has 2 aromatic rings. The van der Waals surface area contributed by atoms with Crippen LogP contribution in [0.15, 0.2) is 42.5 Å². The Morgan fingerprint density at radius 1 is 1.00 bits per heavy atom. The van der Waals surface area contributed by atoms with Crippen LogP contribution < -0.4 is 15.5 Å².